The van der Waals surface area contributed by atoms with E-state index in [-0.39, 0.29) is 70.9 Å². The number of phenols is 4. The van der Waals surface area contributed by atoms with Gasteiger partial charge < -0.3 is 20.4 Å². The molecule has 8 aromatic rings. The van der Waals surface area contributed by atoms with Gasteiger partial charge in [-0.1, -0.05) is 54.1 Å². The summed E-state index contributed by atoms with van der Waals surface area (Å²) in [6.07, 6.45) is 0. The number of hydrogen-bond donors (Lipinski definition) is 7. The molecule has 8 aromatic carbocycles. The van der Waals surface area contributed by atoms with Crippen LogP contribution in [0.1, 0.15) is 9.84 Å². The molecule has 26 nitrogen and oxygen atoms in total. The van der Waals surface area contributed by atoms with Crippen LogP contribution in [0.3, 0.4) is 0 Å². The Hall–Kier alpha value is -8.76. The zero-order valence-corrected chi connectivity index (χ0v) is 40.1. The van der Waals surface area contributed by atoms with Crippen molar-refractivity contribution in [2.75, 3.05) is 4.72 Å². The van der Waals surface area contributed by atoms with E-state index < -0.39 is 101 Å². The minimum atomic E-state index is -5.09. The number of nitrogens with one attached hydrogen (secondary N) is 1. The van der Waals surface area contributed by atoms with E-state index in [1.165, 1.54) is 36.4 Å². The Bertz CT molecular complexity index is 4050. The second kappa shape index (κ2) is 20.5. The summed E-state index contributed by atoms with van der Waals surface area (Å²) in [7, 11) is -14.0. The summed E-state index contributed by atoms with van der Waals surface area (Å²) in [5.41, 5.74) is -3.41. The van der Waals surface area contributed by atoms with E-state index >= 15 is 0 Å². The summed E-state index contributed by atoms with van der Waals surface area (Å²) in [5.74, 6) is -2.87. The molecule has 30 heteroatoms. The van der Waals surface area contributed by atoms with Crippen LogP contribution in [0.15, 0.2) is 156 Å². The number of nitro groups is 3. The minimum Gasteiger partial charge on any atom is -0.506 e. The predicted octanol–water partition coefficient (Wildman–Crippen LogP) is 10.1. The van der Waals surface area contributed by atoms with Crippen LogP contribution in [0, 0.1) is 37.3 Å². The van der Waals surface area contributed by atoms with E-state index in [4.69, 9.17) is 0 Å². The molecule has 73 heavy (non-hydrogen) atoms. The Morgan fingerprint density at radius 2 is 1.12 bits per heavy atom. The Labute approximate surface area is 424 Å². The average molecular weight is 1100 g/mol. The van der Waals surface area contributed by atoms with Crippen LogP contribution in [0.4, 0.5) is 45.5 Å². The first-order valence-electron chi connectivity index (χ1n) is 19.7. The Morgan fingerprint density at radius 1 is 0.521 bits per heavy atom. The van der Waals surface area contributed by atoms with Gasteiger partial charge in [-0.2, -0.15) is 16.8 Å². The maximum Gasteiger partial charge on any atom is 1.00 e. The number of rotatable bonds is 12. The van der Waals surface area contributed by atoms with Crippen molar-refractivity contribution < 1.29 is 91.2 Å². The molecule has 0 atom stereocenters. The molecule has 0 radical (unpaired) electrons. The van der Waals surface area contributed by atoms with Crippen molar-refractivity contribution in [3.8, 4) is 23.0 Å². The molecular weight excluding hydrogens is 1060 g/mol. The van der Waals surface area contributed by atoms with Crippen molar-refractivity contribution >= 4 is 108 Å². The molecule has 7 N–H and O–H groups in total. The summed E-state index contributed by atoms with van der Waals surface area (Å²) in [5, 5.41) is 91.1. The van der Waals surface area contributed by atoms with Gasteiger partial charge in [0.25, 0.3) is 41.6 Å². The van der Waals surface area contributed by atoms with Gasteiger partial charge in [0.2, 0.25) is 5.75 Å². The first-order chi connectivity index (χ1) is 33.7. The number of sulfonamides is 1. The first-order valence-corrected chi connectivity index (χ1v) is 24.1. The maximum absolute atomic E-state index is 12.8. The van der Waals surface area contributed by atoms with E-state index in [1.54, 1.807) is 49.4 Å². The van der Waals surface area contributed by atoms with Crippen LogP contribution in [0.2, 0.25) is 0 Å². The summed E-state index contributed by atoms with van der Waals surface area (Å²) >= 11 is 0. The molecule has 0 spiro atoms. The smallest absolute Gasteiger partial charge is 0.506 e. The summed E-state index contributed by atoms with van der Waals surface area (Å²) in [6.45, 7) is 1.77. The van der Waals surface area contributed by atoms with Crippen LogP contribution in [-0.4, -0.2) is 69.6 Å². The molecule has 0 amide bonds. The molecule has 0 aliphatic carbocycles. The monoisotopic (exact) mass is 1100 g/mol. The number of nitro benzene ring substituents is 3. The quantitative estimate of drug-likeness (QED) is 0.0259. The van der Waals surface area contributed by atoms with Crippen LogP contribution >= 0.6 is 0 Å². The van der Waals surface area contributed by atoms with Crippen molar-refractivity contribution in [2.45, 2.75) is 21.6 Å². The van der Waals surface area contributed by atoms with E-state index in [2.05, 4.69) is 25.2 Å². The molecule has 8 rings (SSSR count). The number of nitrogens with zero attached hydrogens (tertiary/aromatic N) is 7. The molecule has 0 aromatic heterocycles. The molecule has 0 bridgehead atoms. The van der Waals surface area contributed by atoms with Gasteiger partial charge in [-0.15, -0.1) is 20.5 Å². The van der Waals surface area contributed by atoms with Crippen LogP contribution in [-0.2, 0) is 47.6 Å². The van der Waals surface area contributed by atoms with Crippen LogP contribution in [0.5, 0.6) is 23.0 Å². The van der Waals surface area contributed by atoms with Crippen molar-refractivity contribution in [1.29, 1.82) is 0 Å². The Morgan fingerprint density at radius 3 is 1.74 bits per heavy atom. The fraction of sp³-hybridized carbons (Fsp3) is 0.0233. The van der Waals surface area contributed by atoms with Gasteiger partial charge in [0.15, 0.2) is 5.75 Å². The molecule has 0 saturated heterocycles. The van der Waals surface area contributed by atoms with Crippen molar-refractivity contribution in [3.63, 3.8) is 0 Å². The van der Waals surface area contributed by atoms with Crippen LogP contribution in [0.25, 0.3) is 32.3 Å². The van der Waals surface area contributed by atoms with Gasteiger partial charge in [0.05, 0.1) is 25.7 Å². The number of non-ortho nitro benzene ring substituents is 2. The summed E-state index contributed by atoms with van der Waals surface area (Å²) in [4.78, 5) is 28.9. The first kappa shape index (κ1) is 53.6. The van der Waals surface area contributed by atoms with Gasteiger partial charge in [-0.25, -0.2) is 8.42 Å². The SMILES string of the molecule is Cc1ccc(S(=O)(=O)Nc2ccc3cc(S(=O)(=O)O)c(N=Nc4cc([N+](=O)[O-])cc([N+](=O)[O-])c4O)c(O)c3c2)cc1.O=[N+]([O-])c1ccc2c(N=Nc3c(O)ccc4ccccc34)c(O)cc(S(=O)(=O)O)c2c1.[Cr].[H+].[H+].[H+]. The third kappa shape index (κ3) is 11.4. The van der Waals surface area contributed by atoms with E-state index in [0.717, 1.165) is 41.3 Å². The van der Waals surface area contributed by atoms with Gasteiger partial charge in [0.1, 0.15) is 44.0 Å². The number of aryl methyl sites for hydroxylation is 1. The van der Waals surface area contributed by atoms with Crippen molar-refractivity contribution in [1.82, 2.24) is 0 Å². The standard InChI is InChI=1S/C23H17N5O11S2.C20H13N3O7S.Cr/c1-12-2-6-16(7-3-12)40(35,36)26-14-5-4-13-8-20(41(37,38)39)21(22(29)17(13)9-14)25-24-18-10-15(27(31)32)11-19(23(18)30)28(33)34;24-16-8-5-11-3-1-2-4-13(11)19(16)21-22-20-14-7-6-12(23(26)27)9-15(14)18(10-17(20)25)31(28,29)30;/h2-11,26,29-30H,1H3,(H,37,38,39);1-10,24-25H,(H,28,29,30);/p+3. The number of benzene rings is 8. The maximum atomic E-state index is 12.8. The number of anilines is 1. The average Bonchev–Trinajstić information content (AvgIpc) is 3.31. The number of fused-ring (bicyclic) bond motifs is 3. The van der Waals surface area contributed by atoms with Crippen molar-refractivity contribution in [2.24, 2.45) is 20.5 Å². The molecular formula is C43H33CrN8O18S3+3. The Kier molecular flexibility index (Phi) is 15.1. The molecule has 0 fully saturated rings. The zero-order chi connectivity index (χ0) is 52.6. The van der Waals surface area contributed by atoms with Crippen LogP contribution < -0.4 is 4.72 Å². The second-order valence-corrected chi connectivity index (χ2v) is 19.5. The fourth-order valence-electron chi connectivity index (χ4n) is 6.88. The predicted molar refractivity (Wildman–Crippen MR) is 258 cm³/mol. The summed E-state index contributed by atoms with van der Waals surface area (Å²) < 4.78 is 94.8. The number of phenolic OH excluding ortho intramolecular Hbond substituents is 4. The summed E-state index contributed by atoms with van der Waals surface area (Å²) in [6, 6.07) is 25.7. The van der Waals surface area contributed by atoms with Crippen molar-refractivity contribution in [3.05, 3.63) is 157 Å². The largest absolute Gasteiger partial charge is 1.00 e. The second-order valence-electron chi connectivity index (χ2n) is 15.0. The molecule has 0 aliphatic heterocycles. The van der Waals surface area contributed by atoms with E-state index in [9.17, 15) is 85.1 Å². The van der Waals surface area contributed by atoms with Gasteiger partial charge in [-0.3, -0.25) is 44.2 Å². The third-order valence-corrected chi connectivity index (χ3v) is 13.4. The molecule has 0 unspecified atom stereocenters. The molecule has 374 valence electrons. The van der Waals surface area contributed by atoms with Gasteiger partial charge in [0, 0.05) is 68.9 Å². The van der Waals surface area contributed by atoms with Gasteiger partial charge in [-0.05, 0) is 60.2 Å². The zero-order valence-electron chi connectivity index (χ0n) is 39.4. The normalized spacial score (nSPS) is 11.9. The van der Waals surface area contributed by atoms with E-state index in [1.807, 2.05) is 0 Å². The Balaban J connectivity index is 0.000000392. The molecule has 0 heterocycles. The fourth-order valence-corrected chi connectivity index (χ4v) is 9.29. The topological polar surface area (TPSA) is 415 Å². The van der Waals surface area contributed by atoms with E-state index in [0.29, 0.717) is 17.5 Å². The molecule has 0 aliphatic rings. The number of azo groups is 2. The molecule has 0 saturated carbocycles. The third-order valence-electron chi connectivity index (χ3n) is 10.3. The van der Waals surface area contributed by atoms with Gasteiger partial charge >= 0.3 is 9.97 Å². The number of hydrogen-bond acceptors (Lipinski definition) is 20. The minimum absolute atomic E-state index is 0. The number of aromatic hydroxyl groups is 4.